The molecule has 0 aliphatic rings. The number of anilines is 1. The lowest BCUT2D eigenvalue weighted by Crippen LogP contribution is -2.12. The van der Waals surface area contributed by atoms with Gasteiger partial charge in [-0.05, 0) is 36.8 Å². The predicted octanol–water partition coefficient (Wildman–Crippen LogP) is 5.32. The van der Waals surface area contributed by atoms with E-state index in [4.69, 9.17) is 20.8 Å². The van der Waals surface area contributed by atoms with E-state index in [0.717, 1.165) is 5.56 Å². The number of halogens is 1. The first kappa shape index (κ1) is 19.8. The van der Waals surface area contributed by atoms with Crippen LogP contribution in [0, 0.1) is 6.92 Å². The number of aromatic nitrogens is 2. The molecule has 7 heteroatoms. The number of rotatable bonds is 7. The van der Waals surface area contributed by atoms with Gasteiger partial charge in [0.05, 0.1) is 11.6 Å². The third kappa shape index (κ3) is 4.90. The summed E-state index contributed by atoms with van der Waals surface area (Å²) in [6.45, 7) is 2.85. The summed E-state index contributed by atoms with van der Waals surface area (Å²) in [5, 5.41) is 7.66. The van der Waals surface area contributed by atoms with E-state index in [1.54, 1.807) is 35.0 Å². The van der Waals surface area contributed by atoms with Crippen molar-refractivity contribution in [1.82, 2.24) is 9.78 Å². The van der Waals surface area contributed by atoms with Crippen LogP contribution in [0.3, 0.4) is 0 Å². The Morgan fingerprint density at radius 3 is 2.83 bits per heavy atom. The Labute approximate surface area is 179 Å². The number of nitrogens with zero attached hydrogens (tertiary/aromatic N) is 2. The maximum absolute atomic E-state index is 12.5. The monoisotopic (exact) mass is 421 g/mol. The zero-order valence-corrected chi connectivity index (χ0v) is 17.1. The Kier molecular flexibility index (Phi) is 5.86. The molecule has 1 N–H and O–H groups in total. The van der Waals surface area contributed by atoms with E-state index < -0.39 is 0 Å². The number of aryl methyl sites for hydroxylation is 1. The Morgan fingerprint density at radius 2 is 2.00 bits per heavy atom. The molecule has 4 aromatic rings. The van der Waals surface area contributed by atoms with Gasteiger partial charge in [-0.3, -0.25) is 9.48 Å². The minimum atomic E-state index is -0.375. The third-order valence-corrected chi connectivity index (χ3v) is 4.71. The van der Waals surface area contributed by atoms with Crippen molar-refractivity contribution in [2.75, 3.05) is 5.32 Å². The average molecular weight is 422 g/mol. The van der Waals surface area contributed by atoms with Crippen molar-refractivity contribution >= 4 is 23.3 Å². The number of benzene rings is 2. The van der Waals surface area contributed by atoms with Crippen molar-refractivity contribution in [3.63, 3.8) is 0 Å². The van der Waals surface area contributed by atoms with Crippen LogP contribution in [0.4, 0.5) is 5.82 Å². The first-order valence-corrected chi connectivity index (χ1v) is 9.81. The SMILES string of the molecule is Cc1cccc(Cn2ccc(NC(=O)c3ccc(COc4ccccc4Cl)o3)n2)c1. The van der Waals surface area contributed by atoms with Gasteiger partial charge in [0.15, 0.2) is 11.6 Å². The molecule has 0 unspecified atom stereocenters. The number of carbonyl (C=O) groups excluding carboxylic acids is 1. The van der Waals surface area contributed by atoms with Crippen LogP contribution in [0.5, 0.6) is 5.75 Å². The highest BCUT2D eigenvalue weighted by atomic mass is 35.5. The van der Waals surface area contributed by atoms with Gasteiger partial charge in [-0.15, -0.1) is 0 Å². The molecular weight excluding hydrogens is 402 g/mol. The summed E-state index contributed by atoms with van der Waals surface area (Å²) in [5.74, 6) is 1.34. The lowest BCUT2D eigenvalue weighted by Gasteiger charge is -2.05. The van der Waals surface area contributed by atoms with Gasteiger partial charge in [-0.1, -0.05) is 53.6 Å². The molecule has 0 saturated carbocycles. The molecule has 152 valence electrons. The molecule has 2 aromatic carbocycles. The van der Waals surface area contributed by atoms with Gasteiger partial charge in [-0.25, -0.2) is 0 Å². The highest BCUT2D eigenvalue weighted by Crippen LogP contribution is 2.24. The van der Waals surface area contributed by atoms with Crippen LogP contribution >= 0.6 is 11.6 Å². The number of ether oxygens (including phenoxy) is 1. The van der Waals surface area contributed by atoms with Gasteiger partial charge in [0.25, 0.3) is 5.91 Å². The van der Waals surface area contributed by atoms with E-state index in [9.17, 15) is 4.79 Å². The number of furan rings is 1. The molecule has 0 aliphatic carbocycles. The zero-order chi connectivity index (χ0) is 20.9. The second kappa shape index (κ2) is 8.88. The molecule has 0 fully saturated rings. The van der Waals surface area contributed by atoms with Crippen molar-refractivity contribution in [1.29, 1.82) is 0 Å². The lowest BCUT2D eigenvalue weighted by molar-refractivity contribution is 0.0992. The lowest BCUT2D eigenvalue weighted by atomic mass is 10.1. The fourth-order valence-corrected chi connectivity index (χ4v) is 3.17. The molecular formula is C23H20ClN3O3. The minimum Gasteiger partial charge on any atom is -0.484 e. The fourth-order valence-electron chi connectivity index (χ4n) is 2.98. The van der Waals surface area contributed by atoms with Crippen LogP contribution in [0.25, 0.3) is 0 Å². The van der Waals surface area contributed by atoms with Gasteiger partial charge in [0, 0.05) is 12.3 Å². The van der Waals surface area contributed by atoms with Gasteiger partial charge in [0.1, 0.15) is 18.1 Å². The summed E-state index contributed by atoms with van der Waals surface area (Å²) >= 11 is 6.07. The maximum atomic E-state index is 12.5. The molecule has 2 aromatic heterocycles. The quantitative estimate of drug-likeness (QED) is 0.438. The average Bonchev–Trinajstić information content (AvgIpc) is 3.37. The number of para-hydroxylation sites is 1. The summed E-state index contributed by atoms with van der Waals surface area (Å²) in [5.41, 5.74) is 2.34. The van der Waals surface area contributed by atoms with Crippen molar-refractivity contribution in [3.8, 4) is 5.75 Å². The van der Waals surface area contributed by atoms with Crippen LogP contribution in [0.1, 0.15) is 27.4 Å². The first-order valence-electron chi connectivity index (χ1n) is 9.43. The molecule has 0 radical (unpaired) electrons. The van der Waals surface area contributed by atoms with Gasteiger partial charge in [0.2, 0.25) is 0 Å². The first-order chi connectivity index (χ1) is 14.6. The third-order valence-electron chi connectivity index (χ3n) is 4.40. The molecule has 0 bridgehead atoms. The van der Waals surface area contributed by atoms with Crippen LogP contribution in [0.15, 0.2) is 77.3 Å². The van der Waals surface area contributed by atoms with E-state index in [1.807, 2.05) is 30.5 Å². The zero-order valence-electron chi connectivity index (χ0n) is 16.3. The van der Waals surface area contributed by atoms with Gasteiger partial charge >= 0.3 is 0 Å². The van der Waals surface area contributed by atoms with Crippen LogP contribution in [0.2, 0.25) is 5.02 Å². The largest absolute Gasteiger partial charge is 0.484 e. The van der Waals surface area contributed by atoms with Gasteiger partial charge < -0.3 is 14.5 Å². The van der Waals surface area contributed by atoms with Gasteiger partial charge in [-0.2, -0.15) is 5.10 Å². The predicted molar refractivity (Wildman–Crippen MR) is 115 cm³/mol. The van der Waals surface area contributed by atoms with E-state index in [2.05, 4.69) is 29.5 Å². The molecule has 6 nitrogen and oxygen atoms in total. The van der Waals surface area contributed by atoms with Crippen LogP contribution < -0.4 is 10.1 Å². The number of amides is 1. The number of hydrogen-bond donors (Lipinski definition) is 1. The smallest absolute Gasteiger partial charge is 0.292 e. The summed E-state index contributed by atoms with van der Waals surface area (Å²) in [4.78, 5) is 12.5. The number of nitrogens with one attached hydrogen (secondary N) is 1. The van der Waals surface area contributed by atoms with E-state index in [-0.39, 0.29) is 18.3 Å². The Bertz CT molecular complexity index is 1170. The normalized spacial score (nSPS) is 10.7. The topological polar surface area (TPSA) is 69.3 Å². The summed E-state index contributed by atoms with van der Waals surface area (Å²) < 4.78 is 13.0. The molecule has 0 saturated heterocycles. The number of hydrogen-bond acceptors (Lipinski definition) is 4. The molecule has 1 amide bonds. The fraction of sp³-hybridized carbons (Fsp3) is 0.130. The maximum Gasteiger partial charge on any atom is 0.292 e. The van der Waals surface area contributed by atoms with Crippen molar-refractivity contribution < 1.29 is 13.9 Å². The Morgan fingerprint density at radius 1 is 1.13 bits per heavy atom. The molecule has 30 heavy (non-hydrogen) atoms. The van der Waals surface area contributed by atoms with E-state index >= 15 is 0 Å². The van der Waals surface area contributed by atoms with Crippen LogP contribution in [-0.4, -0.2) is 15.7 Å². The van der Waals surface area contributed by atoms with Crippen LogP contribution in [-0.2, 0) is 13.2 Å². The van der Waals surface area contributed by atoms with Crippen molar-refractivity contribution in [2.45, 2.75) is 20.1 Å². The second-order valence-electron chi connectivity index (χ2n) is 6.83. The van der Waals surface area contributed by atoms with E-state index in [1.165, 1.54) is 5.56 Å². The molecule has 0 spiro atoms. The summed E-state index contributed by atoms with van der Waals surface area (Å²) in [6, 6.07) is 20.4. The highest BCUT2D eigenvalue weighted by Gasteiger charge is 2.13. The minimum absolute atomic E-state index is 0.169. The molecule has 2 heterocycles. The molecule has 0 atom stereocenters. The number of carbonyl (C=O) groups is 1. The molecule has 0 aliphatic heterocycles. The molecule has 4 rings (SSSR count). The Balaban J connectivity index is 1.34. The summed E-state index contributed by atoms with van der Waals surface area (Å²) in [6.07, 6.45) is 1.82. The second-order valence-corrected chi connectivity index (χ2v) is 7.23. The standard InChI is InChI=1S/C23H20ClN3O3/c1-16-5-4-6-17(13-16)14-27-12-11-22(26-27)25-23(28)21-10-9-18(30-21)15-29-20-8-3-2-7-19(20)24/h2-13H,14-15H2,1H3,(H,25,26,28). The highest BCUT2D eigenvalue weighted by molar-refractivity contribution is 6.32. The van der Waals surface area contributed by atoms with E-state index in [0.29, 0.717) is 28.9 Å². The summed E-state index contributed by atoms with van der Waals surface area (Å²) in [7, 11) is 0. The van der Waals surface area contributed by atoms with Crippen molar-refractivity contribution in [3.05, 3.63) is 101 Å². The van der Waals surface area contributed by atoms with Crippen molar-refractivity contribution in [2.24, 2.45) is 0 Å². The Hall–Kier alpha value is -3.51.